The zero-order valence-corrected chi connectivity index (χ0v) is 9.42. The van der Waals surface area contributed by atoms with Gasteiger partial charge in [0.2, 0.25) is 5.91 Å². The van der Waals surface area contributed by atoms with Gasteiger partial charge < -0.3 is 20.8 Å². The summed E-state index contributed by atoms with van der Waals surface area (Å²) in [6, 6.07) is -1.10. The highest BCUT2D eigenvalue weighted by Gasteiger charge is 2.38. The molecular weight excluding hydrogens is 226 g/mol. The number of nitrogens with zero attached hydrogens (tertiary/aromatic N) is 1. The molecule has 0 aromatic carbocycles. The Morgan fingerprint density at radius 3 is 2.82 bits per heavy atom. The molecule has 0 radical (unpaired) electrons. The molecule has 0 bridgehead atoms. The number of aliphatic hydroxyl groups excluding tert-OH is 2. The average molecular weight is 243 g/mol. The van der Waals surface area contributed by atoms with Crippen molar-refractivity contribution in [3.63, 3.8) is 0 Å². The molecule has 0 aromatic rings. The molecule has 0 spiro atoms. The van der Waals surface area contributed by atoms with E-state index in [-0.39, 0.29) is 12.5 Å². The van der Waals surface area contributed by atoms with Crippen LogP contribution >= 0.6 is 0 Å². The lowest BCUT2D eigenvalue weighted by molar-refractivity contribution is -0.123. The van der Waals surface area contributed by atoms with Gasteiger partial charge in [0.15, 0.2) is 6.29 Å². The maximum absolute atomic E-state index is 11.7. The van der Waals surface area contributed by atoms with E-state index in [0.29, 0.717) is 5.84 Å². The van der Waals surface area contributed by atoms with Crippen LogP contribution in [0.4, 0.5) is 0 Å². The van der Waals surface area contributed by atoms with Crippen LogP contribution in [-0.4, -0.2) is 59.1 Å². The minimum atomic E-state index is -0.969. The minimum Gasteiger partial charge on any atom is -0.391 e. The van der Waals surface area contributed by atoms with Gasteiger partial charge in [-0.2, -0.15) is 0 Å². The zero-order valence-electron chi connectivity index (χ0n) is 9.42. The van der Waals surface area contributed by atoms with Crippen molar-refractivity contribution in [1.82, 2.24) is 16.0 Å². The number of carbonyl (C=O) groups is 1. The van der Waals surface area contributed by atoms with E-state index >= 15 is 0 Å². The molecular formula is C9H17N5O3. The summed E-state index contributed by atoms with van der Waals surface area (Å²) in [6.45, 7) is 1.77. The Morgan fingerprint density at radius 2 is 2.18 bits per heavy atom. The summed E-state index contributed by atoms with van der Waals surface area (Å²) < 4.78 is 0. The number of nitrogens with two attached hydrogens (primary N) is 1. The number of amides is 1. The van der Waals surface area contributed by atoms with Crippen molar-refractivity contribution in [3.8, 4) is 0 Å². The summed E-state index contributed by atoms with van der Waals surface area (Å²) >= 11 is 0. The van der Waals surface area contributed by atoms with E-state index in [9.17, 15) is 15.0 Å². The Kier molecular flexibility index (Phi) is 3.29. The quantitative estimate of drug-likeness (QED) is 0.297. The maximum atomic E-state index is 11.7. The van der Waals surface area contributed by atoms with Gasteiger partial charge in [0.05, 0.1) is 24.8 Å². The molecule has 17 heavy (non-hydrogen) atoms. The van der Waals surface area contributed by atoms with Crippen LogP contribution in [0.15, 0.2) is 4.99 Å². The van der Waals surface area contributed by atoms with Gasteiger partial charge in [0.1, 0.15) is 11.9 Å². The smallest absolute Gasteiger partial charge is 0.247 e. The van der Waals surface area contributed by atoms with Crippen LogP contribution in [0.3, 0.4) is 0 Å². The highest BCUT2D eigenvalue weighted by Crippen LogP contribution is 2.09. The second-order valence-electron chi connectivity index (χ2n) is 4.29. The molecule has 2 rings (SSSR count). The van der Waals surface area contributed by atoms with E-state index in [1.165, 1.54) is 6.92 Å². The highest BCUT2D eigenvalue weighted by atomic mass is 16.3. The van der Waals surface area contributed by atoms with E-state index < -0.39 is 30.6 Å². The summed E-state index contributed by atoms with van der Waals surface area (Å²) in [6.07, 6.45) is -2.49. The summed E-state index contributed by atoms with van der Waals surface area (Å²) in [5.74, 6) is 0.174. The van der Waals surface area contributed by atoms with Gasteiger partial charge in [0, 0.05) is 0 Å². The fourth-order valence-corrected chi connectivity index (χ4v) is 1.94. The summed E-state index contributed by atoms with van der Waals surface area (Å²) in [4.78, 5) is 15.8. The largest absolute Gasteiger partial charge is 0.391 e. The Morgan fingerprint density at radius 1 is 1.47 bits per heavy atom. The lowest BCUT2D eigenvalue weighted by Gasteiger charge is -2.37. The number of amidine groups is 1. The van der Waals surface area contributed by atoms with E-state index in [4.69, 9.17) is 5.73 Å². The van der Waals surface area contributed by atoms with E-state index in [1.807, 2.05) is 0 Å². The lowest BCUT2D eigenvalue weighted by Crippen LogP contribution is -2.72. The Bertz CT molecular complexity index is 346. The standard InChI is InChI=1S/C9H17N5O3/c1-3(15)6(16)4-2-11-7-5(12-4)8(17)14-9(10)13-7/h3-6,9,12,15-16H,2,10H2,1H3,(H,11,13)(H,14,17)/t3-,4+,5?,6-,9?/m0/s1. The van der Waals surface area contributed by atoms with Crippen molar-refractivity contribution >= 4 is 11.7 Å². The van der Waals surface area contributed by atoms with Crippen LogP contribution in [-0.2, 0) is 4.79 Å². The van der Waals surface area contributed by atoms with Gasteiger partial charge in [0.25, 0.3) is 0 Å². The number of fused-ring (bicyclic) bond motifs is 1. The van der Waals surface area contributed by atoms with E-state index in [1.54, 1.807) is 0 Å². The van der Waals surface area contributed by atoms with E-state index in [0.717, 1.165) is 0 Å². The van der Waals surface area contributed by atoms with Crippen LogP contribution in [0, 0.1) is 0 Å². The summed E-state index contributed by atoms with van der Waals surface area (Å²) in [5, 5.41) is 27.3. The molecule has 2 heterocycles. The molecule has 1 amide bonds. The van der Waals surface area contributed by atoms with Gasteiger partial charge in [-0.25, -0.2) is 0 Å². The molecule has 8 nitrogen and oxygen atoms in total. The van der Waals surface area contributed by atoms with Crippen molar-refractivity contribution in [1.29, 1.82) is 0 Å². The molecule has 96 valence electrons. The first-order valence-electron chi connectivity index (χ1n) is 5.48. The number of nitrogens with one attached hydrogen (secondary N) is 3. The van der Waals surface area contributed by atoms with Crippen molar-refractivity contribution in [3.05, 3.63) is 0 Å². The molecule has 7 N–H and O–H groups in total. The van der Waals surface area contributed by atoms with Crippen molar-refractivity contribution in [2.45, 2.75) is 37.5 Å². The molecule has 2 aliphatic heterocycles. The lowest BCUT2D eigenvalue weighted by atomic mass is 10.0. The first kappa shape index (κ1) is 12.2. The van der Waals surface area contributed by atoms with Gasteiger partial charge in [-0.05, 0) is 6.92 Å². The molecule has 0 aliphatic carbocycles. The molecule has 5 atom stereocenters. The third kappa shape index (κ3) is 2.39. The first-order valence-corrected chi connectivity index (χ1v) is 5.48. The third-order valence-electron chi connectivity index (χ3n) is 2.88. The SMILES string of the molecule is C[C@H](O)[C@H](O)[C@H]1CN=C2NC(N)NC(=O)C2N1. The minimum absolute atomic E-state index is 0.283. The van der Waals surface area contributed by atoms with Crippen molar-refractivity contribution in [2.75, 3.05) is 6.54 Å². The van der Waals surface area contributed by atoms with Crippen LogP contribution < -0.4 is 21.7 Å². The Hall–Kier alpha value is -1.22. The molecule has 2 aliphatic rings. The summed E-state index contributed by atoms with van der Waals surface area (Å²) in [7, 11) is 0. The molecule has 0 saturated carbocycles. The highest BCUT2D eigenvalue weighted by molar-refractivity contribution is 6.09. The van der Waals surface area contributed by atoms with Gasteiger partial charge in [-0.15, -0.1) is 0 Å². The second kappa shape index (κ2) is 4.57. The number of aliphatic hydroxyl groups is 2. The molecule has 2 unspecified atom stereocenters. The van der Waals surface area contributed by atoms with Crippen molar-refractivity contribution in [2.24, 2.45) is 10.7 Å². The molecule has 0 aromatic heterocycles. The Labute approximate surface area is 98.3 Å². The predicted octanol–water partition coefficient (Wildman–Crippen LogP) is -3.57. The predicted molar refractivity (Wildman–Crippen MR) is 60.0 cm³/mol. The van der Waals surface area contributed by atoms with Crippen LogP contribution in [0.25, 0.3) is 0 Å². The third-order valence-corrected chi connectivity index (χ3v) is 2.88. The molecule has 1 fully saturated rings. The monoisotopic (exact) mass is 243 g/mol. The zero-order chi connectivity index (χ0) is 12.6. The normalized spacial score (nSPS) is 36.1. The number of carbonyl (C=O) groups excluding carboxylic acids is 1. The summed E-state index contributed by atoms with van der Waals surface area (Å²) in [5.41, 5.74) is 5.53. The van der Waals surface area contributed by atoms with Crippen molar-refractivity contribution < 1.29 is 15.0 Å². The van der Waals surface area contributed by atoms with Crippen LogP contribution in [0.2, 0.25) is 0 Å². The number of aliphatic imine (C=N–C) groups is 1. The number of hydrogen-bond acceptors (Lipinski definition) is 7. The van der Waals surface area contributed by atoms with Gasteiger partial charge in [-0.1, -0.05) is 0 Å². The number of rotatable bonds is 2. The molecule has 8 heteroatoms. The fraction of sp³-hybridized carbons (Fsp3) is 0.778. The second-order valence-corrected chi connectivity index (χ2v) is 4.29. The average Bonchev–Trinajstić information content (AvgIpc) is 2.27. The van der Waals surface area contributed by atoms with Crippen LogP contribution in [0.5, 0.6) is 0 Å². The maximum Gasteiger partial charge on any atom is 0.247 e. The van der Waals surface area contributed by atoms with Crippen LogP contribution in [0.1, 0.15) is 6.92 Å². The topological polar surface area (TPSA) is 132 Å². The fourth-order valence-electron chi connectivity index (χ4n) is 1.94. The van der Waals surface area contributed by atoms with E-state index in [2.05, 4.69) is 20.9 Å². The molecule has 1 saturated heterocycles. The van der Waals surface area contributed by atoms with Gasteiger partial charge >= 0.3 is 0 Å². The van der Waals surface area contributed by atoms with Gasteiger partial charge in [-0.3, -0.25) is 20.8 Å². The number of hydrogen-bond donors (Lipinski definition) is 6. The first-order chi connectivity index (χ1) is 7.99. The Balaban J connectivity index is 2.10.